The van der Waals surface area contributed by atoms with Crippen LogP contribution in [-0.2, 0) is 6.54 Å². The van der Waals surface area contributed by atoms with Gasteiger partial charge in [0.05, 0.1) is 19.7 Å². The maximum atomic E-state index is 13.3. The van der Waals surface area contributed by atoms with Gasteiger partial charge in [0.25, 0.3) is 5.91 Å². The molecule has 0 saturated heterocycles. The van der Waals surface area contributed by atoms with Crippen molar-refractivity contribution in [3.8, 4) is 17.3 Å². The number of fused-ring (bicyclic) bond motifs is 1. The molecule has 3 heterocycles. The first-order valence-corrected chi connectivity index (χ1v) is 9.40. The van der Waals surface area contributed by atoms with Crippen LogP contribution < -0.4 is 4.74 Å². The van der Waals surface area contributed by atoms with E-state index in [1.807, 2.05) is 39.9 Å². The molecule has 1 amide bonds. The minimum atomic E-state index is -0.170. The third-order valence-electron chi connectivity index (χ3n) is 4.97. The number of carbonyl (C=O) groups is 1. The van der Waals surface area contributed by atoms with E-state index in [2.05, 4.69) is 23.9 Å². The van der Waals surface area contributed by atoms with Crippen LogP contribution in [0.15, 0.2) is 48.7 Å². The molecular weight excluding hydrogens is 354 g/mol. The number of pyridine rings is 1. The summed E-state index contributed by atoms with van der Waals surface area (Å²) in [5, 5.41) is 4.68. The SMILES string of the molecule is COc1ncccc1C(=O)N1CCn2nc(-c3ccccc3)nc2[C@@H]1C(C)C. The number of hydrogen-bond acceptors (Lipinski definition) is 5. The summed E-state index contributed by atoms with van der Waals surface area (Å²) in [5.74, 6) is 1.93. The van der Waals surface area contributed by atoms with Gasteiger partial charge >= 0.3 is 0 Å². The summed E-state index contributed by atoms with van der Waals surface area (Å²) in [4.78, 5) is 24.2. The largest absolute Gasteiger partial charge is 0.480 e. The predicted molar refractivity (Wildman–Crippen MR) is 105 cm³/mol. The molecule has 1 aromatic carbocycles. The Labute approximate surface area is 164 Å². The normalized spacial score (nSPS) is 16.1. The molecular formula is C21H23N5O2. The third-order valence-corrected chi connectivity index (χ3v) is 4.97. The monoisotopic (exact) mass is 377 g/mol. The van der Waals surface area contributed by atoms with Gasteiger partial charge in [-0.25, -0.2) is 14.6 Å². The van der Waals surface area contributed by atoms with E-state index in [9.17, 15) is 4.79 Å². The zero-order valence-electron chi connectivity index (χ0n) is 16.2. The molecule has 0 aliphatic carbocycles. The Morgan fingerprint density at radius 2 is 1.93 bits per heavy atom. The molecule has 7 heteroatoms. The van der Waals surface area contributed by atoms with Crippen LogP contribution in [0, 0.1) is 5.92 Å². The van der Waals surface area contributed by atoms with Crippen molar-refractivity contribution in [2.24, 2.45) is 5.92 Å². The second-order valence-electron chi connectivity index (χ2n) is 7.13. The molecule has 7 nitrogen and oxygen atoms in total. The Morgan fingerprint density at radius 1 is 1.14 bits per heavy atom. The third kappa shape index (κ3) is 3.13. The highest BCUT2D eigenvalue weighted by Crippen LogP contribution is 2.34. The zero-order chi connectivity index (χ0) is 19.7. The van der Waals surface area contributed by atoms with Gasteiger partial charge in [-0.15, -0.1) is 0 Å². The Kier molecular flexibility index (Phi) is 4.81. The summed E-state index contributed by atoms with van der Waals surface area (Å²) < 4.78 is 7.22. The summed E-state index contributed by atoms with van der Waals surface area (Å²) in [5.41, 5.74) is 1.44. The highest BCUT2D eigenvalue weighted by atomic mass is 16.5. The van der Waals surface area contributed by atoms with Gasteiger partial charge in [-0.3, -0.25) is 4.79 Å². The molecule has 0 saturated carbocycles. The van der Waals surface area contributed by atoms with Crippen molar-refractivity contribution in [3.63, 3.8) is 0 Å². The van der Waals surface area contributed by atoms with Gasteiger partial charge in [-0.1, -0.05) is 44.2 Å². The number of carbonyl (C=O) groups excluding carboxylic acids is 1. The zero-order valence-corrected chi connectivity index (χ0v) is 16.2. The molecule has 4 rings (SSSR count). The molecule has 0 spiro atoms. The molecule has 0 radical (unpaired) electrons. The smallest absolute Gasteiger partial charge is 0.260 e. The average molecular weight is 377 g/mol. The van der Waals surface area contributed by atoms with Crippen LogP contribution in [0.25, 0.3) is 11.4 Å². The lowest BCUT2D eigenvalue weighted by Gasteiger charge is -2.37. The highest BCUT2D eigenvalue weighted by Gasteiger charge is 2.37. The number of aromatic nitrogens is 4. The Morgan fingerprint density at radius 3 is 2.64 bits per heavy atom. The topological polar surface area (TPSA) is 73.1 Å². The van der Waals surface area contributed by atoms with Gasteiger partial charge in [-0.2, -0.15) is 5.10 Å². The van der Waals surface area contributed by atoms with Crippen molar-refractivity contribution >= 4 is 5.91 Å². The van der Waals surface area contributed by atoms with Crippen LogP contribution in [0.2, 0.25) is 0 Å². The molecule has 144 valence electrons. The maximum Gasteiger partial charge on any atom is 0.260 e. The Hall–Kier alpha value is -3.22. The van der Waals surface area contributed by atoms with Crippen LogP contribution in [0.3, 0.4) is 0 Å². The first-order chi connectivity index (χ1) is 13.6. The molecule has 3 aromatic rings. The molecule has 0 fully saturated rings. The van der Waals surface area contributed by atoms with Crippen LogP contribution in [0.5, 0.6) is 5.88 Å². The minimum Gasteiger partial charge on any atom is -0.480 e. The number of amides is 1. The molecule has 0 bridgehead atoms. The van der Waals surface area contributed by atoms with E-state index in [4.69, 9.17) is 9.72 Å². The molecule has 1 atom stereocenters. The van der Waals surface area contributed by atoms with Gasteiger partial charge < -0.3 is 9.64 Å². The van der Waals surface area contributed by atoms with Crippen molar-refractivity contribution in [2.45, 2.75) is 26.4 Å². The van der Waals surface area contributed by atoms with E-state index >= 15 is 0 Å². The first-order valence-electron chi connectivity index (χ1n) is 9.40. The van der Waals surface area contributed by atoms with Crippen molar-refractivity contribution in [1.82, 2.24) is 24.6 Å². The Balaban J connectivity index is 1.72. The molecule has 28 heavy (non-hydrogen) atoms. The average Bonchev–Trinajstić information content (AvgIpc) is 3.17. The number of rotatable bonds is 4. The quantitative estimate of drug-likeness (QED) is 0.698. The van der Waals surface area contributed by atoms with Gasteiger partial charge in [0, 0.05) is 18.3 Å². The van der Waals surface area contributed by atoms with Gasteiger partial charge in [0.15, 0.2) is 11.6 Å². The molecule has 2 aromatic heterocycles. The summed E-state index contributed by atoms with van der Waals surface area (Å²) >= 11 is 0. The number of methoxy groups -OCH3 is 1. The van der Waals surface area contributed by atoms with Gasteiger partial charge in [0.2, 0.25) is 5.88 Å². The second kappa shape index (κ2) is 7.42. The first kappa shape index (κ1) is 18.2. The van der Waals surface area contributed by atoms with E-state index in [1.165, 1.54) is 7.11 Å². The second-order valence-corrected chi connectivity index (χ2v) is 7.13. The summed E-state index contributed by atoms with van der Waals surface area (Å²) in [7, 11) is 1.53. The van der Waals surface area contributed by atoms with E-state index in [0.29, 0.717) is 30.4 Å². The lowest BCUT2D eigenvalue weighted by Crippen LogP contribution is -2.44. The number of nitrogens with zero attached hydrogens (tertiary/aromatic N) is 5. The predicted octanol–water partition coefficient (Wildman–Crippen LogP) is 3.20. The number of benzene rings is 1. The van der Waals surface area contributed by atoms with Gasteiger partial charge in [-0.05, 0) is 18.1 Å². The minimum absolute atomic E-state index is 0.0980. The standard InChI is InChI=1S/C21H23N5O2/c1-14(2)17-19-23-18(15-8-5-4-6-9-15)24-26(19)13-12-25(17)21(27)16-10-7-11-22-20(16)28-3/h4-11,14,17H,12-13H2,1-3H3/t17-/m0/s1. The van der Waals surface area contributed by atoms with Gasteiger partial charge in [0.1, 0.15) is 5.56 Å². The summed E-state index contributed by atoms with van der Waals surface area (Å²) in [6.07, 6.45) is 1.62. The highest BCUT2D eigenvalue weighted by molar-refractivity contribution is 5.96. The van der Waals surface area contributed by atoms with Crippen molar-refractivity contribution < 1.29 is 9.53 Å². The van der Waals surface area contributed by atoms with E-state index in [-0.39, 0.29) is 17.9 Å². The molecule has 0 N–H and O–H groups in total. The molecule has 1 aliphatic rings. The van der Waals surface area contributed by atoms with Crippen molar-refractivity contribution in [3.05, 3.63) is 60.0 Å². The lowest BCUT2D eigenvalue weighted by atomic mass is 9.99. The van der Waals surface area contributed by atoms with Crippen LogP contribution in [0.4, 0.5) is 0 Å². The summed E-state index contributed by atoms with van der Waals surface area (Å²) in [6, 6.07) is 13.2. The van der Waals surface area contributed by atoms with E-state index < -0.39 is 0 Å². The van der Waals surface area contributed by atoms with E-state index in [1.54, 1.807) is 18.3 Å². The lowest BCUT2D eigenvalue weighted by molar-refractivity contribution is 0.0532. The van der Waals surface area contributed by atoms with Crippen molar-refractivity contribution in [1.29, 1.82) is 0 Å². The number of ether oxygens (including phenoxy) is 1. The van der Waals surface area contributed by atoms with E-state index in [0.717, 1.165) is 11.4 Å². The maximum absolute atomic E-state index is 13.3. The fraction of sp³-hybridized carbons (Fsp3) is 0.333. The molecule has 1 aliphatic heterocycles. The Bertz CT molecular complexity index is 983. The fourth-order valence-corrected chi connectivity index (χ4v) is 3.68. The van der Waals surface area contributed by atoms with Crippen LogP contribution in [-0.4, -0.2) is 44.2 Å². The summed E-state index contributed by atoms with van der Waals surface area (Å²) in [6.45, 7) is 5.35. The molecule has 0 unspecified atom stereocenters. The fourth-order valence-electron chi connectivity index (χ4n) is 3.68. The van der Waals surface area contributed by atoms with Crippen LogP contribution in [0.1, 0.15) is 36.1 Å². The number of hydrogen-bond donors (Lipinski definition) is 0. The van der Waals surface area contributed by atoms with Crippen LogP contribution >= 0.6 is 0 Å². The van der Waals surface area contributed by atoms with Crippen molar-refractivity contribution in [2.75, 3.05) is 13.7 Å².